The van der Waals surface area contributed by atoms with Crippen LogP contribution in [0.4, 0.5) is 5.82 Å². The van der Waals surface area contributed by atoms with Gasteiger partial charge in [-0.25, -0.2) is 9.78 Å². The van der Waals surface area contributed by atoms with E-state index in [1.165, 1.54) is 14.5 Å². The van der Waals surface area contributed by atoms with Crippen LogP contribution in [0.1, 0.15) is 63.4 Å². The number of methoxy groups -OCH3 is 1. The van der Waals surface area contributed by atoms with Gasteiger partial charge in [-0.15, -0.1) is 0 Å². The SMILES string of the molecule is COCOc1cc(OCCCN([B]C=O)c2ccccn2)cc2c1C(=O)OC(C)[C@H](C)/C=C\C(C)C1OC(C)(C)OC1CC=C2. The van der Waals surface area contributed by atoms with Gasteiger partial charge in [-0.3, -0.25) is 0 Å². The first-order valence-corrected chi connectivity index (χ1v) is 15.4. The molecule has 2 aliphatic heterocycles. The number of pyridine rings is 1. The summed E-state index contributed by atoms with van der Waals surface area (Å²) in [6.07, 6.45) is 10.9. The number of hydrogen-bond acceptors (Lipinski definition) is 10. The molecule has 11 heteroatoms. The molecule has 1 fully saturated rings. The highest BCUT2D eigenvalue weighted by Crippen LogP contribution is 2.36. The summed E-state index contributed by atoms with van der Waals surface area (Å²) in [5.74, 6) is 0.328. The standard InChI is InChI=1S/C34H44BN2O8/c1-23-14-15-24(2)32-28(44-34(4,5)45-32)12-9-11-26-19-27(20-29(42-22-40-6)31(26)33(39)43-25(23)3)41-18-10-17-37(35-21-38)30-13-7-8-16-36-30/h7-9,11,13-16,19-21,23-25,28,32H,10,12,17-18,22H2,1-6H3/b11-9?,15-14-/t23-,24?,25?,28?,32?/m1/s1. The van der Waals surface area contributed by atoms with Gasteiger partial charge in [-0.05, 0) is 57.4 Å². The summed E-state index contributed by atoms with van der Waals surface area (Å²) < 4.78 is 35.7. The van der Waals surface area contributed by atoms with Gasteiger partial charge in [-0.2, -0.15) is 0 Å². The second-order valence-corrected chi connectivity index (χ2v) is 11.8. The summed E-state index contributed by atoms with van der Waals surface area (Å²) in [6, 6.07) is 9.00. The van der Waals surface area contributed by atoms with Crippen molar-refractivity contribution in [3.63, 3.8) is 0 Å². The third-order valence-electron chi connectivity index (χ3n) is 7.80. The predicted octanol–water partition coefficient (Wildman–Crippen LogP) is 5.46. The van der Waals surface area contributed by atoms with Crippen molar-refractivity contribution in [2.45, 2.75) is 71.6 Å². The summed E-state index contributed by atoms with van der Waals surface area (Å²) in [7, 11) is 2.96. The van der Waals surface area contributed by atoms with E-state index in [1.807, 2.05) is 58.0 Å². The summed E-state index contributed by atoms with van der Waals surface area (Å²) in [6.45, 7) is 10.7. The molecule has 5 atom stereocenters. The molecule has 1 aromatic heterocycles. The molecule has 0 saturated carbocycles. The van der Waals surface area contributed by atoms with Gasteiger partial charge >= 0.3 is 13.4 Å². The maximum absolute atomic E-state index is 13.7. The van der Waals surface area contributed by atoms with Crippen molar-refractivity contribution in [2.75, 3.05) is 31.9 Å². The lowest BCUT2D eigenvalue weighted by Crippen LogP contribution is -2.31. The van der Waals surface area contributed by atoms with Crippen LogP contribution in [0.25, 0.3) is 6.08 Å². The maximum Gasteiger partial charge on any atom is 0.342 e. The number of hydrogen-bond donors (Lipinski definition) is 0. The Morgan fingerprint density at radius 3 is 2.64 bits per heavy atom. The zero-order valence-electron chi connectivity index (χ0n) is 27.0. The molecule has 3 heterocycles. The normalized spacial score (nSPS) is 25.2. The molecule has 1 aromatic carbocycles. The molecule has 1 radical (unpaired) electrons. The molecule has 241 valence electrons. The molecule has 10 nitrogen and oxygen atoms in total. The van der Waals surface area contributed by atoms with Gasteiger partial charge in [0.15, 0.2) is 12.6 Å². The highest BCUT2D eigenvalue weighted by molar-refractivity contribution is 6.70. The van der Waals surface area contributed by atoms with Crippen LogP contribution >= 0.6 is 0 Å². The molecule has 0 N–H and O–H groups in total. The Balaban J connectivity index is 1.61. The number of carbonyl (C=O) groups excluding carboxylic acids is 2. The molecule has 0 amide bonds. The van der Waals surface area contributed by atoms with Crippen LogP contribution in [0.15, 0.2) is 54.8 Å². The quantitative estimate of drug-likeness (QED) is 0.0804. The van der Waals surface area contributed by atoms with Crippen LogP contribution in [-0.2, 0) is 23.7 Å². The summed E-state index contributed by atoms with van der Waals surface area (Å²) in [5, 5.41) is 0. The Kier molecular flexibility index (Phi) is 12.2. The first-order valence-electron chi connectivity index (χ1n) is 15.4. The number of aromatic nitrogens is 1. The fourth-order valence-electron chi connectivity index (χ4n) is 5.34. The van der Waals surface area contributed by atoms with E-state index in [9.17, 15) is 9.59 Å². The van der Waals surface area contributed by atoms with Crippen molar-refractivity contribution in [1.29, 1.82) is 0 Å². The zero-order valence-corrected chi connectivity index (χ0v) is 27.0. The van der Waals surface area contributed by atoms with E-state index in [1.54, 1.807) is 23.1 Å². The minimum absolute atomic E-state index is 0.0415. The second-order valence-electron chi connectivity index (χ2n) is 11.8. The van der Waals surface area contributed by atoms with E-state index in [0.717, 1.165) is 6.19 Å². The Morgan fingerprint density at radius 2 is 1.91 bits per heavy atom. The van der Waals surface area contributed by atoms with E-state index in [2.05, 4.69) is 24.1 Å². The molecular weight excluding hydrogens is 575 g/mol. The van der Waals surface area contributed by atoms with Crippen LogP contribution in [0.2, 0.25) is 0 Å². The lowest BCUT2D eigenvalue weighted by Gasteiger charge is -2.23. The Morgan fingerprint density at radius 1 is 1.11 bits per heavy atom. The van der Waals surface area contributed by atoms with Crippen LogP contribution in [0, 0.1) is 11.8 Å². The first kappa shape index (κ1) is 34.2. The van der Waals surface area contributed by atoms with Gasteiger partial charge in [0.05, 0.1) is 18.8 Å². The van der Waals surface area contributed by atoms with Crippen LogP contribution in [0.5, 0.6) is 11.5 Å². The average molecular weight is 620 g/mol. The Labute approximate surface area is 266 Å². The lowest BCUT2D eigenvalue weighted by molar-refractivity contribution is -0.148. The number of esters is 1. The molecule has 0 aliphatic carbocycles. The van der Waals surface area contributed by atoms with Crippen LogP contribution < -0.4 is 14.3 Å². The van der Waals surface area contributed by atoms with Crippen molar-refractivity contribution < 1.29 is 38.0 Å². The fraction of sp³-hybridized carbons (Fsp3) is 0.500. The van der Waals surface area contributed by atoms with Gasteiger partial charge in [0.25, 0.3) is 0 Å². The van der Waals surface area contributed by atoms with Crippen molar-refractivity contribution in [3.05, 3.63) is 65.9 Å². The monoisotopic (exact) mass is 619 g/mol. The smallest absolute Gasteiger partial charge is 0.342 e. The van der Waals surface area contributed by atoms with Crippen LogP contribution in [-0.4, -0.2) is 75.7 Å². The number of cyclic esters (lactones) is 1. The minimum Gasteiger partial charge on any atom is -0.493 e. The van der Waals surface area contributed by atoms with E-state index in [-0.39, 0.29) is 36.4 Å². The molecule has 2 aromatic rings. The number of fused-ring (bicyclic) bond motifs is 2. The van der Waals surface area contributed by atoms with Crippen molar-refractivity contribution in [3.8, 4) is 11.5 Å². The molecule has 1 saturated heterocycles. The van der Waals surface area contributed by atoms with E-state index < -0.39 is 17.9 Å². The van der Waals surface area contributed by atoms with E-state index in [4.69, 9.17) is 28.4 Å². The molecule has 4 unspecified atom stereocenters. The number of carbonyl (C=O) groups is 2. The number of benzene rings is 1. The Bertz CT molecular complexity index is 1330. The van der Waals surface area contributed by atoms with Crippen LogP contribution in [0.3, 0.4) is 0 Å². The first-order chi connectivity index (χ1) is 21.6. The number of nitrogens with zero attached hydrogens (tertiary/aromatic N) is 2. The third-order valence-corrected chi connectivity index (χ3v) is 7.80. The molecular formula is C34H44BN2O8. The van der Waals surface area contributed by atoms with E-state index in [0.29, 0.717) is 48.9 Å². The van der Waals surface area contributed by atoms with Gasteiger partial charge in [0, 0.05) is 37.8 Å². The second kappa shape index (κ2) is 16.1. The highest BCUT2D eigenvalue weighted by Gasteiger charge is 2.42. The van der Waals surface area contributed by atoms with Crippen molar-refractivity contribution >= 4 is 31.5 Å². The summed E-state index contributed by atoms with van der Waals surface area (Å²) in [4.78, 5) is 31.0. The lowest BCUT2D eigenvalue weighted by atomic mass is 9.94. The third kappa shape index (κ3) is 9.42. The molecule has 45 heavy (non-hydrogen) atoms. The average Bonchev–Trinajstić information content (AvgIpc) is 3.33. The Hall–Kier alpha value is -3.67. The summed E-state index contributed by atoms with van der Waals surface area (Å²) >= 11 is 0. The number of anilines is 1. The molecule has 2 aliphatic rings. The largest absolute Gasteiger partial charge is 0.493 e. The maximum atomic E-state index is 13.7. The topological polar surface area (TPSA) is 106 Å². The highest BCUT2D eigenvalue weighted by atomic mass is 16.8. The number of rotatable bonds is 11. The van der Waals surface area contributed by atoms with Crippen molar-refractivity contribution in [1.82, 2.24) is 4.98 Å². The van der Waals surface area contributed by atoms with Gasteiger partial charge in [-0.1, -0.05) is 44.2 Å². The van der Waals surface area contributed by atoms with E-state index >= 15 is 0 Å². The summed E-state index contributed by atoms with van der Waals surface area (Å²) in [5.41, 5.74) is 0.870. The van der Waals surface area contributed by atoms with Crippen molar-refractivity contribution in [2.24, 2.45) is 11.8 Å². The minimum atomic E-state index is -0.701. The molecule has 4 rings (SSSR count). The predicted molar refractivity (Wildman–Crippen MR) is 173 cm³/mol. The number of ether oxygens (including phenoxy) is 6. The molecule has 0 bridgehead atoms. The van der Waals surface area contributed by atoms with Gasteiger partial charge in [0.2, 0.25) is 0 Å². The fourth-order valence-corrected chi connectivity index (χ4v) is 5.34. The van der Waals surface area contributed by atoms with Gasteiger partial charge < -0.3 is 38.0 Å². The molecule has 0 spiro atoms. The van der Waals surface area contributed by atoms with Gasteiger partial charge in [0.1, 0.15) is 35.2 Å². The zero-order chi connectivity index (χ0) is 32.4.